The summed E-state index contributed by atoms with van der Waals surface area (Å²) in [5.41, 5.74) is 1.63. The second kappa shape index (κ2) is 35.7. The van der Waals surface area contributed by atoms with Gasteiger partial charge < -0.3 is 32.7 Å². The van der Waals surface area contributed by atoms with Crippen LogP contribution in [0.2, 0.25) is 43.8 Å². The van der Waals surface area contributed by atoms with Gasteiger partial charge in [0, 0.05) is 49.9 Å². The van der Waals surface area contributed by atoms with Crippen molar-refractivity contribution in [3.8, 4) is 0 Å². The summed E-state index contributed by atoms with van der Waals surface area (Å²) < 4.78 is 46.4. The highest BCUT2D eigenvalue weighted by Gasteiger charge is 2.67. The molecule has 3 unspecified atom stereocenters. The smallest absolute Gasteiger partial charge is 0.305 e. The molecule has 0 bridgehead atoms. The van der Waals surface area contributed by atoms with Crippen LogP contribution in [0.15, 0.2) is 11.8 Å². The lowest BCUT2D eigenvalue weighted by Crippen LogP contribution is -2.57. The van der Waals surface area contributed by atoms with Crippen molar-refractivity contribution in [2.45, 2.75) is 342 Å². The molecule has 0 aromatic heterocycles. The van der Waals surface area contributed by atoms with Crippen LogP contribution in [0.5, 0.6) is 0 Å². The molecule has 1 N–H and O–H groups in total. The Morgan fingerprint density at radius 2 is 0.806 bits per heavy atom. The molecule has 15 heteroatoms. The number of hydrogen-bond acceptors (Lipinski definition) is 12. The molecule has 0 amide bonds. The van der Waals surface area contributed by atoms with Gasteiger partial charge in [0.15, 0.2) is 0 Å². The normalized spacial score (nSPS) is 41.7. The molecule has 0 spiro atoms. The summed E-state index contributed by atoms with van der Waals surface area (Å²) in [6, 6.07) is 3.53. The standard InChI is InChI=1S/C31H54O4Si2.C28H46O4Si.C25H40O4.4CH4/c1-9-36(33)20-22-14-16-30(3)23(18-22)19-27(35-37(6,7)8)29-25-12-11-24(21(2)10-13-28(32)34-5)31(25,4)17-15-26(29)30;1-6-33(31)17-19-11-13-27(3)20(15-19)16-24(29)26-22-9-8-21(18(2)7-10-25(30)32-5)28(22,4)14-12-23(26)27;1-15(5-8-22(28)29-4)18-6-7-19-23-20(10-12-25(18,19)3)24(2)11-9-17(26)13-16(24)14-21(23)27;;;;/h19,21-26,29H,9-18,20H2,1-8H3;18-23,26H,6-17H2,1-5H3;15-20,23,26H,5-14H2,1-4H3;4*1H4/t21?,22-,23+,24-,25+,26+,29+,30+,31-;18?,19-,20+,21-,22+,23+,26+,27+,28-;15?,16-,17+,18+,19-,20-,23-,24-,25+;;;;/m110..../s1. The zero-order valence-electron chi connectivity index (χ0n) is 65.5. The topological polar surface area (TPSA) is 177 Å². The lowest BCUT2D eigenvalue weighted by Gasteiger charge is -2.60. The van der Waals surface area contributed by atoms with Crippen molar-refractivity contribution in [2.24, 2.45) is 151 Å². The Morgan fingerprint density at radius 1 is 0.476 bits per heavy atom. The third-order valence-corrected chi connectivity index (χ3v) is 37.5. The second-order valence-electron chi connectivity index (χ2n) is 38.7. The fraction of sp³-hybridized carbons (Fsp3) is 0.920. The minimum atomic E-state index is -1.75. The van der Waals surface area contributed by atoms with Crippen LogP contribution in [0.1, 0.15) is 292 Å². The molecular formula is C88H156O12Si3. The Bertz CT molecular complexity index is 2940. The molecule has 11 fully saturated rings. The second-order valence-corrected chi connectivity index (χ2v) is 47.5. The van der Waals surface area contributed by atoms with Crippen molar-refractivity contribution in [3.05, 3.63) is 11.8 Å². The van der Waals surface area contributed by atoms with Gasteiger partial charge >= 0.3 is 17.9 Å². The van der Waals surface area contributed by atoms with Crippen LogP contribution in [0.3, 0.4) is 0 Å². The monoisotopic (exact) mass is 1490 g/mol. The van der Waals surface area contributed by atoms with Crippen molar-refractivity contribution < 1.29 is 56.6 Å². The first-order valence-electron chi connectivity index (χ1n) is 41.0. The fourth-order valence-electron chi connectivity index (χ4n) is 27.3. The molecule has 0 aromatic rings. The molecule has 0 radical (unpaired) electrons. The third-order valence-electron chi connectivity index (χ3n) is 33.0. The van der Waals surface area contributed by atoms with Crippen molar-refractivity contribution in [2.75, 3.05) is 21.3 Å². The first-order chi connectivity index (χ1) is 46.7. The van der Waals surface area contributed by atoms with E-state index in [9.17, 15) is 38.0 Å². The molecule has 27 atom stereocenters. The van der Waals surface area contributed by atoms with E-state index < -0.39 is 25.7 Å². The number of aliphatic hydroxyl groups is 1. The maximum atomic E-state index is 13.7. The lowest BCUT2D eigenvalue weighted by atomic mass is 9.43. The van der Waals surface area contributed by atoms with E-state index in [1.807, 2.05) is 6.92 Å². The Labute approximate surface area is 634 Å². The molecule has 12 nitrogen and oxygen atoms in total. The SMILES string of the molecule is C.C.C.C.CC[Si](=O)C[C@@H]1CC[C@@]2(C)[C@H](C=C(O[Si](C)(C)C)[C@@H]3[C@@H]2CC[C@]2(C)[C@@H](C(C)CCC(=O)OC)CC[C@@H]32)C1.CC[Si](=O)C[C@@H]1CC[C@@]2(C)[C@H](CC(=O)[C@@H]3[C@@H]2CC[C@]2(C)[C@@H](C(C)CCC(=O)OC)CC[C@@H]32)C1.COC(=O)CCC(C)[C@H]1CC[C@H]2[C@@H]3C(=O)C[C@@H]4C[C@H](O)CC[C@]4(C)[C@H]3CC[C@]12C. The maximum absolute atomic E-state index is 13.7. The van der Waals surface area contributed by atoms with Gasteiger partial charge in [0.25, 0.3) is 17.4 Å². The average Bonchev–Trinajstić information content (AvgIpc) is 1.70. The molecule has 0 heterocycles. The molecule has 592 valence electrons. The molecular weight excluding hydrogens is 1330 g/mol. The van der Waals surface area contributed by atoms with Gasteiger partial charge in [0.2, 0.25) is 8.32 Å². The summed E-state index contributed by atoms with van der Waals surface area (Å²) >= 11 is 0. The first-order valence-corrected chi connectivity index (χ1v) is 48.1. The summed E-state index contributed by atoms with van der Waals surface area (Å²) in [7, 11) is -0.159. The van der Waals surface area contributed by atoms with E-state index >= 15 is 0 Å². The summed E-state index contributed by atoms with van der Waals surface area (Å²) in [4.78, 5) is 62.3. The van der Waals surface area contributed by atoms with Gasteiger partial charge in [-0.05, 0) is 337 Å². The van der Waals surface area contributed by atoms with Crippen molar-refractivity contribution in [3.63, 3.8) is 0 Å². The average molecular weight is 1490 g/mol. The number of carbonyl (C=O) groups is 5. The number of rotatable bonds is 20. The van der Waals surface area contributed by atoms with Crippen LogP contribution in [0.4, 0.5) is 0 Å². The molecule has 11 saturated carbocycles. The lowest BCUT2D eigenvalue weighted by molar-refractivity contribution is -0.161. The Balaban J connectivity index is 0.000000240. The summed E-state index contributed by atoms with van der Waals surface area (Å²) in [5, 5.41) is 10.2. The molecule has 0 saturated heterocycles. The highest BCUT2D eigenvalue weighted by molar-refractivity contribution is 6.70. The van der Waals surface area contributed by atoms with Gasteiger partial charge in [-0.1, -0.05) is 106 Å². The molecule has 0 aliphatic heterocycles. The Kier molecular flexibility index (Phi) is 31.0. The number of allylic oxidation sites excluding steroid dienone is 2. The van der Waals surface area contributed by atoms with Gasteiger partial charge in [-0.2, -0.15) is 0 Å². The zero-order valence-corrected chi connectivity index (χ0v) is 68.5. The van der Waals surface area contributed by atoms with Crippen LogP contribution in [0.25, 0.3) is 0 Å². The van der Waals surface area contributed by atoms with Gasteiger partial charge in [0.1, 0.15) is 11.6 Å². The number of esters is 3. The van der Waals surface area contributed by atoms with Gasteiger partial charge in [-0.3, -0.25) is 24.0 Å². The van der Waals surface area contributed by atoms with Crippen LogP contribution in [-0.4, -0.2) is 87.7 Å². The number of ether oxygens (including phenoxy) is 3. The zero-order chi connectivity index (χ0) is 72.1. The number of methoxy groups -OCH3 is 3. The molecule has 12 rings (SSSR count). The van der Waals surface area contributed by atoms with Crippen LogP contribution >= 0.6 is 0 Å². The number of Topliss-reactive ketones (excluding diaryl/α,β-unsaturated/α-hetero) is 2. The van der Waals surface area contributed by atoms with E-state index in [1.54, 1.807) is 0 Å². The van der Waals surface area contributed by atoms with Crippen LogP contribution < -0.4 is 0 Å². The quantitative estimate of drug-likeness (QED) is 0.0694. The first kappa shape index (κ1) is 89.4. The van der Waals surface area contributed by atoms with E-state index in [4.69, 9.17) is 18.6 Å². The van der Waals surface area contributed by atoms with Gasteiger partial charge in [-0.25, -0.2) is 0 Å². The third kappa shape index (κ3) is 17.8. The van der Waals surface area contributed by atoms with Crippen LogP contribution in [-0.2, 0) is 51.5 Å². The summed E-state index contributed by atoms with van der Waals surface area (Å²) in [6.07, 6.45) is 32.9. The highest BCUT2D eigenvalue weighted by atomic mass is 28.4. The van der Waals surface area contributed by atoms with E-state index in [-0.39, 0.29) is 87.2 Å². The number of fused-ring (bicyclic) bond motifs is 15. The minimum absolute atomic E-state index is 0. The predicted octanol–water partition coefficient (Wildman–Crippen LogP) is 22.0. The van der Waals surface area contributed by atoms with Gasteiger partial charge in [-0.15, -0.1) is 0 Å². The van der Waals surface area contributed by atoms with Crippen molar-refractivity contribution in [1.29, 1.82) is 0 Å². The maximum Gasteiger partial charge on any atom is 0.305 e. The predicted molar refractivity (Wildman–Crippen MR) is 424 cm³/mol. The largest absolute Gasteiger partial charge is 0.547 e. The van der Waals surface area contributed by atoms with Crippen molar-refractivity contribution in [1.82, 2.24) is 0 Å². The van der Waals surface area contributed by atoms with Crippen molar-refractivity contribution >= 4 is 55.2 Å². The van der Waals surface area contributed by atoms with E-state index in [0.717, 1.165) is 82.0 Å². The minimum Gasteiger partial charge on any atom is -0.547 e. The summed E-state index contributed by atoms with van der Waals surface area (Å²) in [5.74, 6) is 12.6. The highest BCUT2D eigenvalue weighted by Crippen LogP contribution is 2.72. The van der Waals surface area contributed by atoms with E-state index in [1.165, 1.54) is 130 Å². The number of carbonyl (C=O) groups excluding carboxylic acids is 5. The van der Waals surface area contributed by atoms with Gasteiger partial charge in [0.05, 0.1) is 33.2 Å². The Hall–Kier alpha value is -2.50. The van der Waals surface area contributed by atoms with E-state index in [2.05, 4.69) is 95.0 Å². The molecule has 0 aromatic carbocycles. The Morgan fingerprint density at radius 3 is 1.18 bits per heavy atom. The molecule has 12 aliphatic carbocycles. The number of hydrogen-bond donors (Lipinski definition) is 1. The molecule has 12 aliphatic rings. The van der Waals surface area contributed by atoms with Crippen LogP contribution in [0, 0.1) is 151 Å². The fourth-order valence-corrected chi connectivity index (χ4v) is 30.8. The number of ketones is 2. The summed E-state index contributed by atoms with van der Waals surface area (Å²) in [6.45, 7) is 33.2. The number of aliphatic hydroxyl groups excluding tert-OH is 1. The molecule has 103 heavy (non-hydrogen) atoms. The van der Waals surface area contributed by atoms with E-state index in [0.29, 0.717) is 155 Å².